The number of nitro groups is 2. The Morgan fingerprint density at radius 2 is 1.88 bits per heavy atom. The molecule has 0 saturated heterocycles. The maximum absolute atomic E-state index is 13.4. The summed E-state index contributed by atoms with van der Waals surface area (Å²) in [5, 5.41) is 22.4. The van der Waals surface area contributed by atoms with Gasteiger partial charge in [0, 0.05) is 36.4 Å². The highest BCUT2D eigenvalue weighted by atomic mass is 16.6. The second-order valence-electron chi connectivity index (χ2n) is 9.82. The van der Waals surface area contributed by atoms with Crippen LogP contribution in [-0.4, -0.2) is 26.4 Å². The molecule has 1 atom stereocenters. The molecule has 0 amide bonds. The van der Waals surface area contributed by atoms with Gasteiger partial charge in [0.2, 0.25) is 6.10 Å². The number of nitro benzene ring substituents is 2. The molecule has 12 nitrogen and oxygen atoms in total. The number of carbonyl (C=O) groups excluding carboxylic acids is 2. The lowest BCUT2D eigenvalue weighted by atomic mass is 9.95. The Labute approximate surface area is 234 Å². The Kier molecular flexibility index (Phi) is 8.13. The molecule has 1 aromatic heterocycles. The number of hydrogen-bond donors (Lipinski definition) is 0. The normalized spacial score (nSPS) is 17.6. The fraction of sp³-hybridized carbons (Fsp3) is 0.276. The summed E-state index contributed by atoms with van der Waals surface area (Å²) in [6, 6.07) is 4.13. The van der Waals surface area contributed by atoms with E-state index in [1.54, 1.807) is 10.6 Å². The van der Waals surface area contributed by atoms with Crippen LogP contribution in [0.25, 0.3) is 0 Å². The summed E-state index contributed by atoms with van der Waals surface area (Å²) in [5.74, 6) is -1.83. The second kappa shape index (κ2) is 11.5. The van der Waals surface area contributed by atoms with Crippen LogP contribution in [0.1, 0.15) is 54.1 Å². The van der Waals surface area contributed by atoms with Gasteiger partial charge in [0.1, 0.15) is 6.61 Å². The molecule has 0 fully saturated rings. The number of cyclic esters (lactones) is 1. The van der Waals surface area contributed by atoms with Gasteiger partial charge in [0.15, 0.2) is 0 Å². The lowest BCUT2D eigenvalue weighted by Gasteiger charge is -2.25. The average molecular weight is 562 g/mol. The molecule has 0 saturated carbocycles. The number of hydrogen-bond acceptors (Lipinski definition) is 9. The van der Waals surface area contributed by atoms with Crippen molar-refractivity contribution in [2.45, 2.75) is 46.4 Å². The summed E-state index contributed by atoms with van der Waals surface area (Å²) in [6.07, 6.45) is 6.54. The van der Waals surface area contributed by atoms with Crippen molar-refractivity contribution in [1.82, 2.24) is 4.57 Å². The molecule has 1 unspecified atom stereocenters. The average Bonchev–Trinajstić information content (AvgIpc) is 3.33. The van der Waals surface area contributed by atoms with Gasteiger partial charge in [0.25, 0.3) is 5.56 Å². The molecule has 4 rings (SSSR count). The van der Waals surface area contributed by atoms with Gasteiger partial charge in [-0.3, -0.25) is 25.0 Å². The molecule has 0 spiro atoms. The first kappa shape index (κ1) is 28.9. The number of ether oxygens (including phenoxy) is 2. The minimum atomic E-state index is -1.60. The standard InChI is InChI=1S/C29H27N3O9/c1-5-7-18(21(6-2)16(3)4)10-17-11-20-13-22-23(27(33)30(20)14-17)15-40-29(35)26(22)41-28(34)19-8-9-24(31(36)37)25(12-19)32(38)39/h5-10,12-13,16,26H,2,11,14-15H2,1,3-4H3/b7-5-,17-10+,21-18-. The van der Waals surface area contributed by atoms with E-state index in [4.69, 9.17) is 9.47 Å². The molecular formula is C29H27N3O9. The summed E-state index contributed by atoms with van der Waals surface area (Å²) in [6.45, 7) is 9.99. The second-order valence-corrected chi connectivity index (χ2v) is 9.82. The summed E-state index contributed by atoms with van der Waals surface area (Å²) in [4.78, 5) is 59.4. The number of esters is 2. The maximum Gasteiger partial charge on any atom is 0.352 e. The van der Waals surface area contributed by atoms with E-state index in [0.29, 0.717) is 24.7 Å². The van der Waals surface area contributed by atoms with Crippen LogP contribution in [0.2, 0.25) is 0 Å². The van der Waals surface area contributed by atoms with Crippen molar-refractivity contribution in [2.75, 3.05) is 0 Å². The smallest absolute Gasteiger partial charge is 0.352 e. The molecule has 0 radical (unpaired) electrons. The maximum atomic E-state index is 13.4. The monoisotopic (exact) mass is 561 g/mol. The lowest BCUT2D eigenvalue weighted by Crippen LogP contribution is -2.34. The van der Waals surface area contributed by atoms with Gasteiger partial charge in [-0.05, 0) is 41.7 Å². The number of rotatable bonds is 8. The van der Waals surface area contributed by atoms with Crippen LogP contribution in [-0.2, 0) is 33.8 Å². The topological polar surface area (TPSA) is 161 Å². The molecule has 2 aliphatic heterocycles. The van der Waals surface area contributed by atoms with E-state index in [1.807, 2.05) is 31.2 Å². The van der Waals surface area contributed by atoms with Gasteiger partial charge in [-0.15, -0.1) is 0 Å². The number of fused-ring (bicyclic) bond motifs is 2. The third kappa shape index (κ3) is 5.62. The quantitative estimate of drug-likeness (QED) is 0.190. The van der Waals surface area contributed by atoms with Crippen molar-refractivity contribution in [1.29, 1.82) is 0 Å². The summed E-state index contributed by atoms with van der Waals surface area (Å²) in [5.41, 5.74) is 1.44. The Bertz CT molecular complexity index is 1640. The van der Waals surface area contributed by atoms with E-state index in [2.05, 4.69) is 20.4 Å². The number of nitrogens with zero attached hydrogens (tertiary/aromatic N) is 3. The summed E-state index contributed by atoms with van der Waals surface area (Å²) >= 11 is 0. The minimum absolute atomic E-state index is 0.153. The van der Waals surface area contributed by atoms with Crippen LogP contribution in [0.3, 0.4) is 0 Å². The summed E-state index contributed by atoms with van der Waals surface area (Å²) in [7, 11) is 0. The third-order valence-corrected chi connectivity index (χ3v) is 6.86. The van der Waals surface area contributed by atoms with Crippen molar-refractivity contribution in [3.8, 4) is 0 Å². The molecule has 0 N–H and O–H groups in total. The first-order chi connectivity index (χ1) is 19.5. The number of benzene rings is 1. The van der Waals surface area contributed by atoms with Crippen molar-refractivity contribution in [3.63, 3.8) is 0 Å². The van der Waals surface area contributed by atoms with Crippen LogP contribution >= 0.6 is 0 Å². The fourth-order valence-corrected chi connectivity index (χ4v) is 4.95. The fourth-order valence-electron chi connectivity index (χ4n) is 4.95. The van der Waals surface area contributed by atoms with Gasteiger partial charge in [0.05, 0.1) is 21.0 Å². The molecule has 212 valence electrons. The van der Waals surface area contributed by atoms with Crippen LogP contribution < -0.4 is 5.56 Å². The zero-order valence-electron chi connectivity index (χ0n) is 22.6. The Morgan fingerprint density at radius 3 is 2.49 bits per heavy atom. The predicted octanol–water partition coefficient (Wildman–Crippen LogP) is 4.82. The van der Waals surface area contributed by atoms with Crippen molar-refractivity contribution in [3.05, 3.63) is 125 Å². The molecule has 0 aliphatic carbocycles. The van der Waals surface area contributed by atoms with Crippen LogP contribution in [0.5, 0.6) is 0 Å². The molecule has 3 heterocycles. The van der Waals surface area contributed by atoms with Crippen molar-refractivity contribution < 1.29 is 28.9 Å². The zero-order valence-corrected chi connectivity index (χ0v) is 22.6. The van der Waals surface area contributed by atoms with Crippen molar-refractivity contribution in [2.24, 2.45) is 5.92 Å². The number of aromatic nitrogens is 1. The van der Waals surface area contributed by atoms with Gasteiger partial charge in [-0.1, -0.05) is 44.7 Å². The third-order valence-electron chi connectivity index (χ3n) is 6.86. The van der Waals surface area contributed by atoms with Crippen LogP contribution in [0.15, 0.2) is 76.7 Å². The molecule has 1 aromatic carbocycles. The molecule has 0 bridgehead atoms. The van der Waals surface area contributed by atoms with Gasteiger partial charge in [-0.2, -0.15) is 0 Å². The molecular weight excluding hydrogens is 534 g/mol. The van der Waals surface area contributed by atoms with Crippen LogP contribution in [0, 0.1) is 26.1 Å². The van der Waals surface area contributed by atoms with Gasteiger partial charge in [-0.25, -0.2) is 9.59 Å². The highest BCUT2D eigenvalue weighted by molar-refractivity contribution is 5.93. The van der Waals surface area contributed by atoms with E-state index in [9.17, 15) is 34.6 Å². The van der Waals surface area contributed by atoms with E-state index < -0.39 is 39.3 Å². The Balaban J connectivity index is 1.69. The van der Waals surface area contributed by atoms with E-state index in [1.165, 1.54) is 0 Å². The first-order valence-corrected chi connectivity index (χ1v) is 12.7. The number of allylic oxidation sites excluding steroid dienone is 7. The van der Waals surface area contributed by atoms with Crippen molar-refractivity contribution >= 4 is 23.3 Å². The van der Waals surface area contributed by atoms with E-state index >= 15 is 0 Å². The largest absolute Gasteiger partial charge is 0.458 e. The number of carbonyl (C=O) groups is 2. The minimum Gasteiger partial charge on any atom is -0.458 e. The number of pyridine rings is 1. The lowest BCUT2D eigenvalue weighted by molar-refractivity contribution is -0.422. The molecule has 2 aromatic rings. The Hall–Kier alpha value is -5.13. The first-order valence-electron chi connectivity index (χ1n) is 12.7. The van der Waals surface area contributed by atoms with E-state index in [-0.39, 0.29) is 34.8 Å². The van der Waals surface area contributed by atoms with E-state index in [0.717, 1.165) is 28.9 Å². The highest BCUT2D eigenvalue weighted by Crippen LogP contribution is 2.33. The van der Waals surface area contributed by atoms with Crippen LogP contribution in [0.4, 0.5) is 11.4 Å². The Morgan fingerprint density at radius 1 is 1.17 bits per heavy atom. The van der Waals surface area contributed by atoms with Gasteiger partial charge >= 0.3 is 23.3 Å². The zero-order chi connectivity index (χ0) is 30.0. The molecule has 2 aliphatic rings. The SMILES string of the molecule is C=C/C(=C(\C=C/C)/C=C1\Cc2cc3c(c(=O)n2C1)COC(=O)C3OC(=O)c1ccc([N+](=O)[O-])c([N+](=O)[O-])c1)C(C)C. The summed E-state index contributed by atoms with van der Waals surface area (Å²) < 4.78 is 12.1. The highest BCUT2D eigenvalue weighted by Gasteiger charge is 2.37. The van der Waals surface area contributed by atoms with Gasteiger partial charge < -0.3 is 14.0 Å². The predicted molar refractivity (Wildman–Crippen MR) is 147 cm³/mol. The molecule has 12 heteroatoms. The molecule has 41 heavy (non-hydrogen) atoms.